The lowest BCUT2D eigenvalue weighted by Gasteiger charge is -2.03. The van der Waals surface area contributed by atoms with Crippen molar-refractivity contribution in [2.45, 2.75) is 0 Å². The van der Waals surface area contributed by atoms with Crippen LogP contribution in [0.15, 0.2) is 16.7 Å². The fourth-order valence-electron chi connectivity index (χ4n) is 0.757. The summed E-state index contributed by atoms with van der Waals surface area (Å²) in [6.07, 6.45) is 0. The normalized spacial score (nSPS) is 9.46. The molecule has 1 heterocycles. The molecule has 5 nitrogen and oxygen atoms in total. The number of carbonyl (C=O) groups excluding carboxylic acids is 1. The number of hydroxylamine groups is 1. The number of aromatic nitrogens is 1. The van der Waals surface area contributed by atoms with Crippen LogP contribution in [0.5, 0.6) is 5.75 Å². The number of amides is 1. The Morgan fingerprint density at radius 3 is 2.85 bits per heavy atom. The van der Waals surface area contributed by atoms with Crippen LogP contribution in [0, 0.1) is 0 Å². The molecule has 0 fully saturated rings. The highest BCUT2D eigenvalue weighted by atomic mass is 79.9. The second kappa shape index (κ2) is 4.20. The first kappa shape index (κ1) is 9.94. The van der Waals surface area contributed by atoms with Gasteiger partial charge in [-0.25, -0.2) is 10.5 Å². The van der Waals surface area contributed by atoms with E-state index in [1.54, 1.807) is 6.07 Å². The number of halogens is 1. The van der Waals surface area contributed by atoms with E-state index in [1.807, 2.05) is 0 Å². The summed E-state index contributed by atoms with van der Waals surface area (Å²) in [6, 6.07) is 3.01. The Morgan fingerprint density at radius 1 is 1.69 bits per heavy atom. The molecule has 1 amide bonds. The van der Waals surface area contributed by atoms with Crippen LogP contribution >= 0.6 is 15.9 Å². The summed E-state index contributed by atoms with van der Waals surface area (Å²) in [6.45, 7) is 0. The molecule has 0 aromatic carbocycles. The van der Waals surface area contributed by atoms with Crippen molar-refractivity contribution in [2.24, 2.45) is 0 Å². The van der Waals surface area contributed by atoms with E-state index in [4.69, 9.17) is 9.94 Å². The van der Waals surface area contributed by atoms with E-state index < -0.39 is 5.91 Å². The minimum Gasteiger partial charge on any atom is -0.494 e. The molecule has 0 aliphatic carbocycles. The number of nitrogens with one attached hydrogen (secondary N) is 1. The molecule has 1 aromatic rings. The van der Waals surface area contributed by atoms with Crippen molar-refractivity contribution in [1.82, 2.24) is 10.5 Å². The predicted molar refractivity (Wildman–Crippen MR) is 47.7 cm³/mol. The zero-order valence-electron chi connectivity index (χ0n) is 6.74. The van der Waals surface area contributed by atoms with Crippen molar-refractivity contribution < 1.29 is 14.7 Å². The highest BCUT2D eigenvalue weighted by Crippen LogP contribution is 2.21. The molecule has 0 aliphatic rings. The average Bonchev–Trinajstić information content (AvgIpc) is 2.16. The lowest BCUT2D eigenvalue weighted by atomic mass is 10.3. The molecule has 0 spiro atoms. The number of methoxy groups -OCH3 is 1. The van der Waals surface area contributed by atoms with Crippen LogP contribution in [0.3, 0.4) is 0 Å². The fraction of sp³-hybridized carbons (Fsp3) is 0.143. The SMILES string of the molecule is COc1ccc(C(=O)NO)nc1Br. The molecule has 0 radical (unpaired) electrons. The molecule has 6 heteroatoms. The summed E-state index contributed by atoms with van der Waals surface area (Å²) in [7, 11) is 1.49. The number of nitrogens with zero attached hydrogens (tertiary/aromatic N) is 1. The summed E-state index contributed by atoms with van der Waals surface area (Å²) in [5.41, 5.74) is 1.59. The summed E-state index contributed by atoms with van der Waals surface area (Å²) < 4.78 is 5.32. The van der Waals surface area contributed by atoms with E-state index in [-0.39, 0.29) is 5.69 Å². The van der Waals surface area contributed by atoms with Crippen molar-refractivity contribution in [3.05, 3.63) is 22.4 Å². The topological polar surface area (TPSA) is 71.5 Å². The zero-order chi connectivity index (χ0) is 9.84. The van der Waals surface area contributed by atoms with E-state index in [1.165, 1.54) is 18.7 Å². The van der Waals surface area contributed by atoms with Gasteiger partial charge < -0.3 is 4.74 Å². The van der Waals surface area contributed by atoms with E-state index in [0.29, 0.717) is 10.4 Å². The number of rotatable bonds is 2. The number of hydrogen-bond acceptors (Lipinski definition) is 4. The molecule has 2 N–H and O–H groups in total. The third kappa shape index (κ3) is 2.16. The molecule has 0 aliphatic heterocycles. The minimum absolute atomic E-state index is 0.107. The first-order valence-corrected chi connectivity index (χ1v) is 4.13. The zero-order valence-corrected chi connectivity index (χ0v) is 8.33. The van der Waals surface area contributed by atoms with Crippen LogP contribution in [0.4, 0.5) is 0 Å². The third-order valence-electron chi connectivity index (χ3n) is 1.37. The predicted octanol–water partition coefficient (Wildman–Crippen LogP) is 0.972. The highest BCUT2D eigenvalue weighted by molar-refractivity contribution is 9.10. The van der Waals surface area contributed by atoms with Gasteiger partial charge in [-0.15, -0.1) is 0 Å². The molecule has 0 bridgehead atoms. The van der Waals surface area contributed by atoms with Crippen molar-refractivity contribution in [3.63, 3.8) is 0 Å². The summed E-state index contributed by atoms with van der Waals surface area (Å²) in [4.78, 5) is 14.7. The Hall–Kier alpha value is -1.14. The fourth-order valence-corrected chi connectivity index (χ4v) is 1.24. The molecule has 0 unspecified atom stereocenters. The molecule has 0 saturated heterocycles. The van der Waals surface area contributed by atoms with Gasteiger partial charge in [-0.2, -0.15) is 0 Å². The van der Waals surface area contributed by atoms with Gasteiger partial charge in [0.1, 0.15) is 10.3 Å². The van der Waals surface area contributed by atoms with Crippen LogP contribution in [0.2, 0.25) is 0 Å². The van der Waals surface area contributed by atoms with Crippen LogP contribution in [0.25, 0.3) is 0 Å². The second-order valence-corrected chi connectivity index (χ2v) is 2.88. The Bertz CT molecular complexity index is 330. The van der Waals surface area contributed by atoms with Gasteiger partial charge in [0, 0.05) is 0 Å². The van der Waals surface area contributed by atoms with Crippen molar-refractivity contribution in [1.29, 1.82) is 0 Å². The van der Waals surface area contributed by atoms with Crippen LogP contribution in [0.1, 0.15) is 10.5 Å². The van der Waals surface area contributed by atoms with Gasteiger partial charge in [0.15, 0.2) is 5.75 Å². The Morgan fingerprint density at radius 2 is 2.38 bits per heavy atom. The van der Waals surface area contributed by atoms with Gasteiger partial charge >= 0.3 is 0 Å². The monoisotopic (exact) mass is 246 g/mol. The van der Waals surface area contributed by atoms with Gasteiger partial charge in [0.2, 0.25) is 0 Å². The molecule has 13 heavy (non-hydrogen) atoms. The largest absolute Gasteiger partial charge is 0.494 e. The first-order chi connectivity index (χ1) is 6.19. The summed E-state index contributed by atoms with van der Waals surface area (Å²) >= 11 is 3.11. The summed E-state index contributed by atoms with van der Waals surface area (Å²) in [5.74, 6) is -0.141. The number of pyridine rings is 1. The molecular weight excluding hydrogens is 240 g/mol. The summed E-state index contributed by atoms with van der Waals surface area (Å²) in [5, 5.41) is 8.32. The Labute approximate surface area is 82.8 Å². The quantitative estimate of drug-likeness (QED) is 0.464. The lowest BCUT2D eigenvalue weighted by Crippen LogP contribution is -2.19. The second-order valence-electron chi connectivity index (χ2n) is 2.13. The van der Waals surface area contributed by atoms with E-state index in [9.17, 15) is 4.79 Å². The van der Waals surface area contributed by atoms with E-state index in [0.717, 1.165) is 0 Å². The smallest absolute Gasteiger partial charge is 0.293 e. The van der Waals surface area contributed by atoms with Crippen molar-refractivity contribution in [2.75, 3.05) is 7.11 Å². The van der Waals surface area contributed by atoms with E-state index >= 15 is 0 Å². The third-order valence-corrected chi connectivity index (χ3v) is 1.94. The average molecular weight is 247 g/mol. The number of carbonyl (C=O) groups is 1. The maximum atomic E-state index is 10.9. The lowest BCUT2D eigenvalue weighted by molar-refractivity contribution is 0.0700. The van der Waals surface area contributed by atoms with Gasteiger partial charge in [-0.05, 0) is 28.1 Å². The van der Waals surface area contributed by atoms with Gasteiger partial charge in [-0.3, -0.25) is 10.0 Å². The van der Waals surface area contributed by atoms with Crippen molar-refractivity contribution >= 4 is 21.8 Å². The minimum atomic E-state index is -0.664. The van der Waals surface area contributed by atoms with Gasteiger partial charge in [0.05, 0.1) is 7.11 Å². The molecule has 1 aromatic heterocycles. The number of ether oxygens (including phenoxy) is 1. The van der Waals surface area contributed by atoms with Crippen LogP contribution in [-0.2, 0) is 0 Å². The maximum absolute atomic E-state index is 10.9. The Balaban J connectivity index is 3.02. The molecule has 0 saturated carbocycles. The Kier molecular flexibility index (Phi) is 3.21. The number of hydrogen-bond donors (Lipinski definition) is 2. The maximum Gasteiger partial charge on any atom is 0.293 e. The van der Waals surface area contributed by atoms with E-state index in [2.05, 4.69) is 20.9 Å². The molecular formula is C7H7BrN2O3. The highest BCUT2D eigenvalue weighted by Gasteiger charge is 2.08. The van der Waals surface area contributed by atoms with Crippen molar-refractivity contribution in [3.8, 4) is 5.75 Å². The molecule has 1 rings (SSSR count). The van der Waals surface area contributed by atoms with Gasteiger partial charge in [0.25, 0.3) is 5.91 Å². The molecule has 0 atom stereocenters. The standard InChI is InChI=1S/C7H7BrN2O3/c1-13-5-3-2-4(7(11)10-12)9-6(5)8/h2-3,12H,1H3,(H,10,11). The van der Waals surface area contributed by atoms with Crippen LogP contribution in [-0.4, -0.2) is 23.2 Å². The molecule has 70 valence electrons. The first-order valence-electron chi connectivity index (χ1n) is 3.34. The van der Waals surface area contributed by atoms with Crippen LogP contribution < -0.4 is 10.2 Å². The van der Waals surface area contributed by atoms with Gasteiger partial charge in [-0.1, -0.05) is 0 Å².